The van der Waals surface area contributed by atoms with E-state index in [9.17, 15) is 9.59 Å². The fourth-order valence-corrected chi connectivity index (χ4v) is 6.39. The number of likely N-dealkylation sites (tertiary alicyclic amines) is 1. The third-order valence-corrected chi connectivity index (χ3v) is 7.71. The number of amides is 1. The summed E-state index contributed by atoms with van der Waals surface area (Å²) >= 11 is 1.81. The SMILES string of the molecule is CC(C)(C)OC(=O)N1CC(SC(c2ccccc2)(c2ccccc2)c2ccccc2)C[C@H]1C=O. The van der Waals surface area contributed by atoms with Gasteiger partial charge in [0, 0.05) is 11.8 Å². The van der Waals surface area contributed by atoms with Gasteiger partial charge in [-0.1, -0.05) is 91.0 Å². The van der Waals surface area contributed by atoms with Gasteiger partial charge in [-0.2, -0.15) is 0 Å². The number of ether oxygens (including phenoxy) is 1. The molecule has 0 bridgehead atoms. The standard InChI is InChI=1S/C29H31NO3S/c1-28(2,3)33-27(32)30-20-26(19-25(30)21-31)34-29(22-13-7-4-8-14-22,23-15-9-5-10-16-23)24-17-11-6-12-18-24/h4-18,21,25-26H,19-20H2,1-3H3/t25-,26?/m0/s1. The number of carbonyl (C=O) groups excluding carboxylic acids is 2. The van der Waals surface area contributed by atoms with E-state index in [-0.39, 0.29) is 5.25 Å². The molecule has 0 spiro atoms. The van der Waals surface area contributed by atoms with E-state index in [4.69, 9.17) is 4.74 Å². The lowest BCUT2D eigenvalue weighted by Gasteiger charge is -2.37. The summed E-state index contributed by atoms with van der Waals surface area (Å²) in [5.74, 6) is 0. The molecule has 34 heavy (non-hydrogen) atoms. The maximum absolute atomic E-state index is 12.9. The third-order valence-electron chi connectivity index (χ3n) is 5.97. The molecule has 1 fully saturated rings. The van der Waals surface area contributed by atoms with Crippen LogP contribution in [-0.2, 0) is 14.3 Å². The van der Waals surface area contributed by atoms with Crippen molar-refractivity contribution in [2.75, 3.05) is 6.54 Å². The zero-order valence-electron chi connectivity index (χ0n) is 19.9. The minimum Gasteiger partial charge on any atom is -0.444 e. The summed E-state index contributed by atoms with van der Waals surface area (Å²) in [5, 5.41) is 0.0448. The van der Waals surface area contributed by atoms with E-state index < -0.39 is 22.5 Å². The molecule has 2 atom stereocenters. The summed E-state index contributed by atoms with van der Waals surface area (Å²) in [4.78, 5) is 26.4. The van der Waals surface area contributed by atoms with E-state index in [0.717, 1.165) is 23.0 Å². The number of rotatable bonds is 6. The lowest BCUT2D eigenvalue weighted by molar-refractivity contribution is -0.111. The van der Waals surface area contributed by atoms with Crippen molar-refractivity contribution < 1.29 is 14.3 Å². The van der Waals surface area contributed by atoms with Crippen LogP contribution in [0.3, 0.4) is 0 Å². The molecular weight excluding hydrogens is 442 g/mol. The first-order chi connectivity index (χ1) is 16.3. The van der Waals surface area contributed by atoms with Crippen LogP contribution in [0, 0.1) is 0 Å². The molecule has 3 aromatic rings. The van der Waals surface area contributed by atoms with Crippen molar-refractivity contribution in [2.24, 2.45) is 0 Å². The van der Waals surface area contributed by atoms with Crippen molar-refractivity contribution in [1.82, 2.24) is 4.90 Å². The van der Waals surface area contributed by atoms with Crippen molar-refractivity contribution in [2.45, 2.75) is 48.8 Å². The first-order valence-corrected chi connectivity index (χ1v) is 12.5. The van der Waals surface area contributed by atoms with Crippen LogP contribution >= 0.6 is 11.8 Å². The van der Waals surface area contributed by atoms with Gasteiger partial charge in [-0.3, -0.25) is 4.90 Å². The van der Waals surface area contributed by atoms with E-state index in [1.807, 2.05) is 50.7 Å². The number of nitrogens with zero attached hydrogens (tertiary/aromatic N) is 1. The Balaban J connectivity index is 1.77. The fourth-order valence-electron chi connectivity index (χ4n) is 4.54. The van der Waals surface area contributed by atoms with Crippen LogP contribution in [0.1, 0.15) is 43.9 Å². The number of hydrogen-bond donors (Lipinski definition) is 0. The summed E-state index contributed by atoms with van der Waals surface area (Å²) in [7, 11) is 0. The average Bonchev–Trinajstić information content (AvgIpc) is 3.26. The van der Waals surface area contributed by atoms with Gasteiger partial charge >= 0.3 is 6.09 Å². The van der Waals surface area contributed by atoms with E-state index in [1.54, 1.807) is 4.90 Å². The third kappa shape index (κ3) is 5.05. The van der Waals surface area contributed by atoms with Gasteiger partial charge in [-0.25, -0.2) is 4.79 Å². The molecule has 176 valence electrons. The Morgan fingerprint density at radius 1 is 0.853 bits per heavy atom. The van der Waals surface area contributed by atoms with E-state index in [1.165, 1.54) is 0 Å². The Labute approximate surface area is 206 Å². The summed E-state index contributed by atoms with van der Waals surface area (Å²) < 4.78 is 5.11. The average molecular weight is 474 g/mol. The Morgan fingerprint density at radius 2 is 1.29 bits per heavy atom. The second-order valence-corrected chi connectivity index (χ2v) is 11.1. The molecular formula is C29H31NO3S. The lowest BCUT2D eigenvalue weighted by Crippen LogP contribution is -2.40. The van der Waals surface area contributed by atoms with Crippen LogP contribution in [0.2, 0.25) is 0 Å². The van der Waals surface area contributed by atoms with Crippen molar-refractivity contribution in [3.63, 3.8) is 0 Å². The Morgan fingerprint density at radius 3 is 1.68 bits per heavy atom. The fraction of sp³-hybridized carbons (Fsp3) is 0.310. The van der Waals surface area contributed by atoms with Crippen LogP contribution < -0.4 is 0 Å². The summed E-state index contributed by atoms with van der Waals surface area (Å²) in [6, 6.07) is 30.9. The highest BCUT2D eigenvalue weighted by Crippen LogP contribution is 2.52. The lowest BCUT2D eigenvalue weighted by atomic mass is 9.84. The zero-order chi connectivity index (χ0) is 24.2. The molecule has 1 amide bonds. The minimum absolute atomic E-state index is 0.0448. The highest BCUT2D eigenvalue weighted by molar-refractivity contribution is 8.01. The number of hydrogen-bond acceptors (Lipinski definition) is 4. The molecule has 4 rings (SSSR count). The maximum atomic E-state index is 12.9. The molecule has 0 radical (unpaired) electrons. The summed E-state index contributed by atoms with van der Waals surface area (Å²) in [5.41, 5.74) is 2.87. The van der Waals surface area contributed by atoms with E-state index >= 15 is 0 Å². The van der Waals surface area contributed by atoms with Crippen LogP contribution in [0.4, 0.5) is 4.79 Å². The van der Waals surface area contributed by atoms with Crippen molar-refractivity contribution in [1.29, 1.82) is 0 Å². The highest BCUT2D eigenvalue weighted by Gasteiger charge is 2.44. The predicted octanol–water partition coefficient (Wildman–Crippen LogP) is 6.29. The molecule has 0 N–H and O–H groups in total. The van der Waals surface area contributed by atoms with Gasteiger partial charge in [0.2, 0.25) is 0 Å². The second kappa shape index (κ2) is 10.1. The molecule has 3 aromatic carbocycles. The van der Waals surface area contributed by atoms with Crippen LogP contribution in [0.25, 0.3) is 0 Å². The molecule has 1 saturated heterocycles. The Kier molecular flexibility index (Phi) is 7.13. The van der Waals surface area contributed by atoms with Gasteiger partial charge in [0.15, 0.2) is 0 Å². The van der Waals surface area contributed by atoms with E-state index in [0.29, 0.717) is 13.0 Å². The molecule has 0 aliphatic carbocycles. The topological polar surface area (TPSA) is 46.6 Å². The number of thioether (sulfide) groups is 1. The molecule has 0 aromatic heterocycles. The maximum Gasteiger partial charge on any atom is 0.410 e. The molecule has 0 saturated carbocycles. The molecule has 1 heterocycles. The first kappa shape index (κ1) is 24.1. The molecule has 4 nitrogen and oxygen atoms in total. The normalized spacial score (nSPS) is 18.5. The quantitative estimate of drug-likeness (QED) is 0.312. The number of carbonyl (C=O) groups is 2. The summed E-state index contributed by atoms with van der Waals surface area (Å²) in [6.45, 7) is 5.98. The van der Waals surface area contributed by atoms with Gasteiger partial charge < -0.3 is 9.53 Å². The molecule has 1 aliphatic heterocycles. The van der Waals surface area contributed by atoms with Gasteiger partial charge in [0.05, 0.1) is 10.8 Å². The van der Waals surface area contributed by atoms with Crippen molar-refractivity contribution in [3.8, 4) is 0 Å². The monoisotopic (exact) mass is 473 g/mol. The largest absolute Gasteiger partial charge is 0.444 e. The van der Waals surface area contributed by atoms with E-state index in [2.05, 4.69) is 72.8 Å². The predicted molar refractivity (Wildman–Crippen MR) is 138 cm³/mol. The molecule has 1 aliphatic rings. The van der Waals surface area contributed by atoms with Crippen LogP contribution in [0.15, 0.2) is 91.0 Å². The van der Waals surface area contributed by atoms with Gasteiger partial charge in [-0.05, 0) is 43.9 Å². The van der Waals surface area contributed by atoms with Gasteiger partial charge in [-0.15, -0.1) is 11.8 Å². The Hall–Kier alpha value is -3.05. The number of benzene rings is 3. The molecule has 1 unspecified atom stereocenters. The zero-order valence-corrected chi connectivity index (χ0v) is 20.7. The van der Waals surface area contributed by atoms with Crippen molar-refractivity contribution in [3.05, 3.63) is 108 Å². The highest BCUT2D eigenvalue weighted by atomic mass is 32.2. The van der Waals surface area contributed by atoms with Crippen molar-refractivity contribution >= 4 is 24.1 Å². The Bertz CT molecular complexity index is 1000. The smallest absolute Gasteiger partial charge is 0.410 e. The van der Waals surface area contributed by atoms with Gasteiger partial charge in [0.1, 0.15) is 11.9 Å². The number of aldehydes is 1. The molecule has 5 heteroatoms. The second-order valence-electron chi connectivity index (χ2n) is 9.59. The van der Waals surface area contributed by atoms with Gasteiger partial charge in [0.25, 0.3) is 0 Å². The van der Waals surface area contributed by atoms with Crippen LogP contribution in [0.5, 0.6) is 0 Å². The summed E-state index contributed by atoms with van der Waals surface area (Å²) in [6.07, 6.45) is 1.03. The first-order valence-electron chi connectivity index (χ1n) is 11.6. The minimum atomic E-state index is -0.613. The van der Waals surface area contributed by atoms with Crippen LogP contribution in [-0.4, -0.2) is 40.7 Å².